The van der Waals surface area contributed by atoms with Crippen LogP contribution in [-0.4, -0.2) is 29.8 Å². The normalized spacial score (nSPS) is 18.6. The van der Waals surface area contributed by atoms with Gasteiger partial charge in [-0.15, -0.1) is 11.8 Å². The molecule has 0 bridgehead atoms. The van der Waals surface area contributed by atoms with Crippen LogP contribution in [0.15, 0.2) is 23.0 Å². The first-order valence-corrected chi connectivity index (χ1v) is 8.03. The average molecular weight is 274 g/mol. The highest BCUT2D eigenvalue weighted by Crippen LogP contribution is 2.28. The average Bonchev–Trinajstić information content (AvgIpc) is 2.52. The maximum Gasteiger partial charge on any atom is 0.0591 e. The molecule has 0 spiro atoms. The second-order valence-corrected chi connectivity index (χ2v) is 6.05. The van der Waals surface area contributed by atoms with Crippen LogP contribution in [0.25, 0.3) is 0 Å². The molecule has 0 aromatic heterocycles. The number of hydrogen-bond acceptors (Lipinski definition) is 4. The minimum atomic E-state index is 0.545. The summed E-state index contributed by atoms with van der Waals surface area (Å²) in [7, 11) is 2.04. The molecule has 1 heterocycles. The summed E-state index contributed by atoms with van der Waals surface area (Å²) in [5.41, 5.74) is 0. The van der Waals surface area contributed by atoms with Crippen molar-refractivity contribution in [1.82, 2.24) is 9.62 Å². The van der Waals surface area contributed by atoms with Crippen molar-refractivity contribution in [1.29, 1.82) is 0 Å². The van der Waals surface area contributed by atoms with Gasteiger partial charge in [0.1, 0.15) is 0 Å². The molecular weight excluding hydrogens is 248 g/mol. The number of nitrogens with zero attached hydrogens (tertiary/aromatic N) is 1. The zero-order valence-corrected chi connectivity index (χ0v) is 13.3. The van der Waals surface area contributed by atoms with E-state index in [4.69, 9.17) is 0 Å². The highest BCUT2D eigenvalue weighted by molar-refractivity contribution is 8.05. The van der Waals surface area contributed by atoms with Crippen LogP contribution >= 0.6 is 23.7 Å². The Hall–Kier alpha value is 0.1000. The fraction of sp³-hybridized carbons (Fsp3) is 0.692. The standard InChI is InChI=1S/C11H20N2S2.C2H6/c1-9(2)11(12-4)7-13-8-14-6-5-10(3)15-13;1-2/h5-6,9,11-12H,3,7-8H2,1-2,4H3;1-2H3. The third-order valence-corrected chi connectivity index (χ3v) is 4.25. The SMILES string of the molecule is C=C1C=CSCN(CC(NC)C(C)C)S1.CC. The predicted octanol–water partition coefficient (Wildman–Crippen LogP) is 3.94. The summed E-state index contributed by atoms with van der Waals surface area (Å²) in [5, 5.41) is 5.49. The van der Waals surface area contributed by atoms with Gasteiger partial charge in [0.2, 0.25) is 0 Å². The summed E-state index contributed by atoms with van der Waals surface area (Å²) in [6.07, 6.45) is 2.08. The molecule has 1 aliphatic heterocycles. The highest BCUT2D eigenvalue weighted by atomic mass is 32.2. The Morgan fingerprint density at radius 3 is 2.65 bits per heavy atom. The molecule has 1 N–H and O–H groups in total. The lowest BCUT2D eigenvalue weighted by molar-refractivity contribution is 0.358. The van der Waals surface area contributed by atoms with Crippen molar-refractivity contribution < 1.29 is 0 Å². The molecule has 4 heteroatoms. The predicted molar refractivity (Wildman–Crippen MR) is 84.1 cm³/mol. The molecule has 0 aromatic rings. The largest absolute Gasteiger partial charge is 0.315 e. The Morgan fingerprint density at radius 2 is 2.12 bits per heavy atom. The smallest absolute Gasteiger partial charge is 0.0591 e. The molecule has 0 radical (unpaired) electrons. The van der Waals surface area contributed by atoms with Gasteiger partial charge < -0.3 is 5.32 Å². The monoisotopic (exact) mass is 274 g/mol. The van der Waals surface area contributed by atoms with Crippen molar-refractivity contribution in [2.24, 2.45) is 5.92 Å². The molecule has 1 aliphatic rings. The van der Waals surface area contributed by atoms with Gasteiger partial charge in [-0.1, -0.05) is 34.3 Å². The van der Waals surface area contributed by atoms with Crippen molar-refractivity contribution >= 4 is 23.7 Å². The van der Waals surface area contributed by atoms with Gasteiger partial charge in [-0.25, -0.2) is 4.31 Å². The van der Waals surface area contributed by atoms with E-state index in [0.717, 1.165) is 17.3 Å². The summed E-state index contributed by atoms with van der Waals surface area (Å²) < 4.78 is 2.37. The lowest BCUT2D eigenvalue weighted by atomic mass is 10.1. The third-order valence-electron chi connectivity index (χ3n) is 2.39. The van der Waals surface area contributed by atoms with Crippen molar-refractivity contribution in [3.05, 3.63) is 23.0 Å². The van der Waals surface area contributed by atoms with Gasteiger partial charge >= 0.3 is 0 Å². The number of rotatable bonds is 4. The topological polar surface area (TPSA) is 15.3 Å². The van der Waals surface area contributed by atoms with Gasteiger partial charge in [-0.3, -0.25) is 0 Å². The summed E-state index contributed by atoms with van der Waals surface area (Å²) in [6.45, 7) is 13.6. The van der Waals surface area contributed by atoms with Crippen molar-refractivity contribution in [3.63, 3.8) is 0 Å². The van der Waals surface area contributed by atoms with E-state index < -0.39 is 0 Å². The van der Waals surface area contributed by atoms with Gasteiger partial charge in [-0.2, -0.15) is 0 Å². The Bertz CT molecular complexity index is 240. The molecule has 1 rings (SSSR count). The Kier molecular flexibility index (Phi) is 10.1. The number of hydrogen-bond donors (Lipinski definition) is 1. The quantitative estimate of drug-likeness (QED) is 0.781. The Labute approximate surface area is 115 Å². The van der Waals surface area contributed by atoms with Crippen LogP contribution in [0.4, 0.5) is 0 Å². The fourth-order valence-corrected chi connectivity index (χ4v) is 3.21. The number of likely N-dealkylation sites (N-methyl/N-ethyl adjacent to an activating group) is 1. The van der Waals surface area contributed by atoms with E-state index in [1.54, 1.807) is 11.9 Å². The van der Waals surface area contributed by atoms with Gasteiger partial charge in [0.05, 0.1) is 5.88 Å². The van der Waals surface area contributed by atoms with E-state index in [-0.39, 0.29) is 0 Å². The maximum absolute atomic E-state index is 4.00. The molecular formula is C13H26N2S2. The van der Waals surface area contributed by atoms with E-state index in [1.807, 2.05) is 32.7 Å². The van der Waals surface area contributed by atoms with Gasteiger partial charge in [0, 0.05) is 17.5 Å². The molecule has 0 saturated heterocycles. The van der Waals surface area contributed by atoms with Crippen LogP contribution in [0.5, 0.6) is 0 Å². The zero-order chi connectivity index (χ0) is 13.3. The van der Waals surface area contributed by atoms with Crippen LogP contribution in [-0.2, 0) is 0 Å². The minimum Gasteiger partial charge on any atom is -0.315 e. The van der Waals surface area contributed by atoms with Crippen LogP contribution in [0.1, 0.15) is 27.7 Å². The van der Waals surface area contributed by atoms with Gasteiger partial charge in [0.15, 0.2) is 0 Å². The summed E-state index contributed by atoms with van der Waals surface area (Å²) in [5.74, 6) is 1.69. The fourth-order valence-electron chi connectivity index (χ4n) is 1.42. The first kappa shape index (κ1) is 17.1. The van der Waals surface area contributed by atoms with E-state index in [9.17, 15) is 0 Å². The van der Waals surface area contributed by atoms with Crippen molar-refractivity contribution in [2.45, 2.75) is 33.7 Å². The maximum atomic E-state index is 4.00. The molecule has 0 aromatic carbocycles. The number of thioether (sulfide) groups is 1. The zero-order valence-electron chi connectivity index (χ0n) is 11.7. The van der Waals surface area contributed by atoms with E-state index in [2.05, 4.69) is 41.5 Å². The molecule has 0 fully saturated rings. The second-order valence-electron chi connectivity index (χ2n) is 3.96. The van der Waals surface area contributed by atoms with Crippen molar-refractivity contribution in [2.75, 3.05) is 19.5 Å². The van der Waals surface area contributed by atoms with E-state index in [0.29, 0.717) is 12.0 Å². The number of nitrogens with one attached hydrogen (secondary N) is 1. The lowest BCUT2D eigenvalue weighted by Crippen LogP contribution is -2.40. The summed E-state index contributed by atoms with van der Waals surface area (Å²) in [4.78, 5) is 1.12. The summed E-state index contributed by atoms with van der Waals surface area (Å²) in [6, 6.07) is 0.545. The van der Waals surface area contributed by atoms with Crippen LogP contribution in [0.2, 0.25) is 0 Å². The molecule has 2 nitrogen and oxygen atoms in total. The molecule has 0 amide bonds. The Morgan fingerprint density at radius 1 is 1.47 bits per heavy atom. The molecule has 0 saturated carbocycles. The van der Waals surface area contributed by atoms with Crippen LogP contribution in [0, 0.1) is 5.92 Å². The number of allylic oxidation sites excluding steroid dienone is 1. The minimum absolute atomic E-state index is 0.545. The van der Waals surface area contributed by atoms with E-state index in [1.165, 1.54) is 0 Å². The van der Waals surface area contributed by atoms with Crippen molar-refractivity contribution in [3.8, 4) is 0 Å². The lowest BCUT2D eigenvalue weighted by Gasteiger charge is -2.27. The molecule has 1 unspecified atom stereocenters. The van der Waals surface area contributed by atoms with Crippen LogP contribution in [0.3, 0.4) is 0 Å². The molecule has 17 heavy (non-hydrogen) atoms. The molecule has 0 aliphatic carbocycles. The summed E-state index contributed by atoms with van der Waals surface area (Å²) >= 11 is 3.59. The van der Waals surface area contributed by atoms with Gasteiger partial charge in [0.25, 0.3) is 0 Å². The second kappa shape index (κ2) is 10.1. The molecule has 1 atom stereocenters. The molecule has 100 valence electrons. The Balaban J connectivity index is 0.00000121. The van der Waals surface area contributed by atoms with E-state index >= 15 is 0 Å². The third kappa shape index (κ3) is 7.19. The van der Waals surface area contributed by atoms with Crippen LogP contribution < -0.4 is 5.32 Å². The first-order valence-electron chi connectivity index (χ1n) is 6.20. The first-order chi connectivity index (χ1) is 8.13. The van der Waals surface area contributed by atoms with Gasteiger partial charge in [-0.05, 0) is 36.4 Å². The highest BCUT2D eigenvalue weighted by Gasteiger charge is 2.17.